The fourth-order valence-corrected chi connectivity index (χ4v) is 6.67. The molecule has 0 radical (unpaired) electrons. The first-order chi connectivity index (χ1) is 15.7. The Bertz CT molecular complexity index is 1240. The van der Waals surface area contributed by atoms with Crippen LogP contribution in [0.3, 0.4) is 0 Å². The maximum Gasteiger partial charge on any atom is 0.248 e. The van der Waals surface area contributed by atoms with Gasteiger partial charge in [-0.1, -0.05) is 5.16 Å². The van der Waals surface area contributed by atoms with Gasteiger partial charge in [0.2, 0.25) is 15.9 Å². The molecule has 11 heteroatoms. The number of sulfonamides is 1. The van der Waals surface area contributed by atoms with Gasteiger partial charge < -0.3 is 14.6 Å². The van der Waals surface area contributed by atoms with Crippen LogP contribution in [0.15, 0.2) is 33.7 Å². The lowest BCUT2D eigenvalue weighted by Crippen LogP contribution is -2.43. The van der Waals surface area contributed by atoms with E-state index < -0.39 is 15.9 Å². The number of hydrogen-bond donors (Lipinski definition) is 1. The summed E-state index contributed by atoms with van der Waals surface area (Å²) in [6.07, 6.45) is 1.20. The number of carbonyl (C=O) groups excluding carboxylic acids is 1. The van der Waals surface area contributed by atoms with E-state index in [1.54, 1.807) is 21.0 Å². The maximum absolute atomic E-state index is 13.1. The van der Waals surface area contributed by atoms with Crippen LogP contribution in [0.4, 0.5) is 5.13 Å². The van der Waals surface area contributed by atoms with Gasteiger partial charge in [-0.15, -0.1) is 11.3 Å². The van der Waals surface area contributed by atoms with Gasteiger partial charge in [-0.3, -0.25) is 4.79 Å². The van der Waals surface area contributed by atoms with E-state index in [1.165, 1.54) is 15.6 Å². The molecule has 1 aliphatic rings. The number of amides is 1. The first-order valence-corrected chi connectivity index (χ1v) is 12.8. The fraction of sp³-hybridized carbons (Fsp3) is 0.409. The molecule has 176 valence electrons. The number of aromatic nitrogens is 2. The number of aryl methyl sites for hydroxylation is 3. The number of benzene rings is 1. The molecule has 3 heterocycles. The van der Waals surface area contributed by atoms with Crippen LogP contribution in [0, 0.1) is 26.7 Å². The number of thiazole rings is 1. The first kappa shape index (κ1) is 23.4. The summed E-state index contributed by atoms with van der Waals surface area (Å²) in [6.45, 7) is 5.59. The Morgan fingerprint density at radius 3 is 2.61 bits per heavy atom. The second-order valence-electron chi connectivity index (χ2n) is 8.00. The number of carbonyl (C=O) groups is 1. The molecule has 1 N–H and O–H groups in total. The molecule has 1 aliphatic heterocycles. The Morgan fingerprint density at radius 1 is 1.24 bits per heavy atom. The van der Waals surface area contributed by atoms with Crippen LogP contribution < -0.4 is 10.1 Å². The lowest BCUT2D eigenvalue weighted by atomic mass is 9.99. The molecule has 0 saturated carbocycles. The molecule has 3 aromatic rings. The van der Waals surface area contributed by atoms with Crippen molar-refractivity contribution in [1.82, 2.24) is 14.4 Å². The van der Waals surface area contributed by atoms with Crippen molar-refractivity contribution < 1.29 is 22.5 Å². The monoisotopic (exact) mass is 490 g/mol. The number of nitrogens with zero attached hydrogens (tertiary/aromatic N) is 3. The third-order valence-corrected chi connectivity index (χ3v) is 8.71. The number of hydrogen-bond acceptors (Lipinski definition) is 8. The highest BCUT2D eigenvalue weighted by Crippen LogP contribution is 2.33. The first-order valence-electron chi connectivity index (χ1n) is 10.6. The van der Waals surface area contributed by atoms with Crippen molar-refractivity contribution in [2.75, 3.05) is 25.5 Å². The molecule has 1 fully saturated rings. The van der Waals surface area contributed by atoms with Crippen molar-refractivity contribution in [3.05, 3.63) is 40.6 Å². The Morgan fingerprint density at radius 2 is 1.97 bits per heavy atom. The van der Waals surface area contributed by atoms with Gasteiger partial charge in [0, 0.05) is 23.5 Å². The summed E-state index contributed by atoms with van der Waals surface area (Å²) >= 11 is 1.39. The minimum atomic E-state index is -3.79. The zero-order valence-electron chi connectivity index (χ0n) is 18.9. The summed E-state index contributed by atoms with van der Waals surface area (Å²) < 4.78 is 37.9. The van der Waals surface area contributed by atoms with Crippen LogP contribution in [0.2, 0.25) is 0 Å². The average Bonchev–Trinajstić information content (AvgIpc) is 3.34. The minimum Gasteiger partial charge on any atom is -0.497 e. The quantitative estimate of drug-likeness (QED) is 0.559. The molecule has 1 amide bonds. The third-order valence-electron chi connectivity index (χ3n) is 5.71. The van der Waals surface area contributed by atoms with E-state index >= 15 is 0 Å². The average molecular weight is 491 g/mol. The largest absolute Gasteiger partial charge is 0.497 e. The van der Waals surface area contributed by atoms with Gasteiger partial charge in [0.1, 0.15) is 16.3 Å². The fourth-order valence-electron chi connectivity index (χ4n) is 4.02. The summed E-state index contributed by atoms with van der Waals surface area (Å²) in [6, 6.07) is 7.57. The predicted octanol–water partition coefficient (Wildman–Crippen LogP) is 3.77. The van der Waals surface area contributed by atoms with Crippen LogP contribution in [-0.2, 0) is 14.8 Å². The van der Waals surface area contributed by atoms with Crippen molar-refractivity contribution >= 4 is 32.4 Å². The molecule has 0 spiro atoms. The number of methoxy groups -OCH3 is 1. The van der Waals surface area contributed by atoms with E-state index in [4.69, 9.17) is 9.26 Å². The minimum absolute atomic E-state index is 0.0863. The van der Waals surface area contributed by atoms with Crippen molar-refractivity contribution in [2.24, 2.45) is 5.92 Å². The molecule has 9 nitrogen and oxygen atoms in total. The molecular weight excluding hydrogens is 464 g/mol. The molecule has 1 aromatic carbocycles. The molecular formula is C22H26N4O5S2. The van der Waals surface area contributed by atoms with Crippen molar-refractivity contribution in [3.8, 4) is 17.0 Å². The maximum atomic E-state index is 13.1. The van der Waals surface area contributed by atoms with E-state index in [9.17, 15) is 13.2 Å². The molecule has 0 bridgehead atoms. The van der Waals surface area contributed by atoms with Crippen LogP contribution in [0.5, 0.6) is 5.75 Å². The lowest BCUT2D eigenvalue weighted by Gasteiger charge is -2.30. The number of piperidine rings is 1. The lowest BCUT2D eigenvalue weighted by molar-refractivity contribution is -0.120. The third kappa shape index (κ3) is 4.66. The van der Waals surface area contributed by atoms with Gasteiger partial charge >= 0.3 is 0 Å². The van der Waals surface area contributed by atoms with Crippen molar-refractivity contribution in [2.45, 2.75) is 38.5 Å². The molecule has 33 heavy (non-hydrogen) atoms. The Hall–Kier alpha value is -2.76. The van der Waals surface area contributed by atoms with E-state index in [1.807, 2.05) is 31.2 Å². The smallest absolute Gasteiger partial charge is 0.248 e. The van der Waals surface area contributed by atoms with Crippen LogP contribution >= 0.6 is 11.3 Å². The Balaban J connectivity index is 1.48. The SMILES string of the molecule is COc1ccc(-c2nc(NC(=O)[C@H]3CCCN(S(=O)(=O)c4c(C)noc4C)C3)sc2C)cc1. The second kappa shape index (κ2) is 9.24. The van der Waals surface area contributed by atoms with E-state index in [0.717, 1.165) is 21.9 Å². The summed E-state index contributed by atoms with van der Waals surface area (Å²) in [5.41, 5.74) is 2.05. The molecule has 0 aliphatic carbocycles. The number of nitrogens with one attached hydrogen (secondary N) is 1. The number of rotatable bonds is 6. The van der Waals surface area contributed by atoms with Crippen LogP contribution in [0.1, 0.15) is 29.2 Å². The highest BCUT2D eigenvalue weighted by atomic mass is 32.2. The Kier molecular flexibility index (Phi) is 6.55. The number of ether oxygens (including phenoxy) is 1. The van der Waals surface area contributed by atoms with Gasteiger partial charge in [-0.25, -0.2) is 13.4 Å². The van der Waals surface area contributed by atoms with Gasteiger partial charge in [0.25, 0.3) is 0 Å². The van der Waals surface area contributed by atoms with Gasteiger partial charge in [-0.2, -0.15) is 4.31 Å². The number of anilines is 1. The molecule has 0 unspecified atom stereocenters. The summed E-state index contributed by atoms with van der Waals surface area (Å²) in [5, 5.41) is 7.14. The van der Waals surface area contributed by atoms with Gasteiger partial charge in [0.05, 0.1) is 18.7 Å². The second-order valence-corrected chi connectivity index (χ2v) is 11.1. The Labute approximate surface area is 196 Å². The summed E-state index contributed by atoms with van der Waals surface area (Å²) in [4.78, 5) is 18.6. The van der Waals surface area contributed by atoms with Gasteiger partial charge in [-0.05, 0) is 57.9 Å². The van der Waals surface area contributed by atoms with E-state index in [-0.39, 0.29) is 23.1 Å². The highest BCUT2D eigenvalue weighted by molar-refractivity contribution is 7.89. The standard InChI is InChI=1S/C22H26N4O5S2/c1-13-20(14(2)31-25-13)33(28,29)26-11-5-6-17(12-26)21(27)24-22-23-19(15(3)32-22)16-7-9-18(30-4)10-8-16/h7-10,17H,5-6,11-12H2,1-4H3,(H,23,24,27)/t17-/m0/s1. The van der Waals surface area contributed by atoms with Crippen LogP contribution in [0.25, 0.3) is 11.3 Å². The zero-order valence-corrected chi connectivity index (χ0v) is 20.5. The molecule has 2 aromatic heterocycles. The molecule has 1 saturated heterocycles. The van der Waals surface area contributed by atoms with E-state index in [0.29, 0.717) is 30.2 Å². The normalized spacial score (nSPS) is 17.2. The molecule has 1 atom stereocenters. The van der Waals surface area contributed by atoms with Gasteiger partial charge in [0.15, 0.2) is 10.9 Å². The van der Waals surface area contributed by atoms with Crippen molar-refractivity contribution in [3.63, 3.8) is 0 Å². The summed E-state index contributed by atoms with van der Waals surface area (Å²) in [7, 11) is -2.18. The van der Waals surface area contributed by atoms with Crippen molar-refractivity contribution in [1.29, 1.82) is 0 Å². The molecule has 4 rings (SSSR count). The predicted molar refractivity (Wildman–Crippen MR) is 125 cm³/mol. The van der Waals surface area contributed by atoms with Crippen LogP contribution in [-0.4, -0.2) is 49.0 Å². The summed E-state index contributed by atoms with van der Waals surface area (Å²) in [5.74, 6) is 0.309. The highest BCUT2D eigenvalue weighted by Gasteiger charge is 2.36. The topological polar surface area (TPSA) is 115 Å². The van der Waals surface area contributed by atoms with E-state index in [2.05, 4.69) is 15.5 Å². The zero-order chi connectivity index (χ0) is 23.8.